The van der Waals surface area contributed by atoms with Gasteiger partial charge in [0.15, 0.2) is 16.6 Å². The molecule has 0 amide bonds. The summed E-state index contributed by atoms with van der Waals surface area (Å²) in [6.07, 6.45) is 13.4. The van der Waals surface area contributed by atoms with E-state index >= 15 is 0 Å². The first-order valence-corrected chi connectivity index (χ1v) is 22.0. The number of aliphatic hydroxyl groups is 1. The van der Waals surface area contributed by atoms with E-state index in [1.165, 1.54) is 38.5 Å². The number of unbranched alkanes of at least 4 members (excludes halogenated alkanes) is 1. The highest BCUT2D eigenvalue weighted by Crippen LogP contribution is 2.57. The molecule has 3 rings (SSSR count). The molecular weight excluding hydrogens is 513 g/mol. The normalized spacial score (nSPS) is 30.8. The van der Waals surface area contributed by atoms with Crippen LogP contribution in [-0.4, -0.2) is 40.6 Å². The van der Waals surface area contributed by atoms with Crippen LogP contribution in [0.25, 0.3) is 0 Å². The molecule has 0 aromatic heterocycles. The molecule has 3 aliphatic carbocycles. The predicted octanol–water partition coefficient (Wildman–Crippen LogP) is 9.34. The first kappa shape index (κ1) is 33.1. The summed E-state index contributed by atoms with van der Waals surface area (Å²) in [7, 11) is -3.85. The van der Waals surface area contributed by atoms with Gasteiger partial charge in [-0.05, 0) is 98.5 Å². The van der Waals surface area contributed by atoms with E-state index in [9.17, 15) is 5.11 Å². The van der Waals surface area contributed by atoms with Crippen molar-refractivity contribution in [3.63, 3.8) is 0 Å². The van der Waals surface area contributed by atoms with Gasteiger partial charge in [-0.3, -0.25) is 0 Å². The molecular formula is C34H62O3Si2. The molecule has 5 heteroatoms. The van der Waals surface area contributed by atoms with E-state index in [1.54, 1.807) is 5.57 Å². The standard InChI is InChI=1S/C34H62O3Si2/c1-25-27(19-15-16-24-35)28-20-23-31(37-39(10,11)34(5,6)7)29(32(25)28)21-22-30(26-17-13-12-14-18-26)36-38(8,9)33(2,3)4/h19,25-26,28-32,35H,12-18,20,23-24H2,1-11H3/b27-19+/t25?,28-,29+,30?,31-,32+/m1/s1. The second-order valence-corrected chi connectivity index (χ2v) is 25.6. The maximum atomic E-state index is 9.31. The molecule has 0 saturated heterocycles. The third-order valence-electron chi connectivity index (χ3n) is 11.3. The third-order valence-corrected chi connectivity index (χ3v) is 20.2. The van der Waals surface area contributed by atoms with Crippen LogP contribution in [0.1, 0.15) is 106 Å². The van der Waals surface area contributed by atoms with E-state index in [1.807, 2.05) is 0 Å². The van der Waals surface area contributed by atoms with Crippen LogP contribution in [-0.2, 0) is 8.85 Å². The Bertz CT molecular complexity index is 892. The predicted molar refractivity (Wildman–Crippen MR) is 172 cm³/mol. The second kappa shape index (κ2) is 12.9. The van der Waals surface area contributed by atoms with Crippen LogP contribution < -0.4 is 0 Å². The molecule has 3 aliphatic rings. The molecule has 6 atom stereocenters. The number of hydrogen-bond acceptors (Lipinski definition) is 3. The molecule has 1 N–H and O–H groups in total. The van der Waals surface area contributed by atoms with E-state index in [4.69, 9.17) is 8.85 Å². The molecule has 0 spiro atoms. The minimum Gasteiger partial charge on any atom is -0.413 e. The Morgan fingerprint density at radius 2 is 1.54 bits per heavy atom. The Morgan fingerprint density at radius 1 is 0.923 bits per heavy atom. The van der Waals surface area contributed by atoms with Gasteiger partial charge in [0.2, 0.25) is 0 Å². The molecule has 0 heterocycles. The molecule has 39 heavy (non-hydrogen) atoms. The van der Waals surface area contributed by atoms with Crippen molar-refractivity contribution in [3.8, 4) is 11.8 Å². The van der Waals surface area contributed by atoms with Gasteiger partial charge in [0.25, 0.3) is 0 Å². The number of hydrogen-bond donors (Lipinski definition) is 1. The first-order chi connectivity index (χ1) is 18.0. The van der Waals surface area contributed by atoms with E-state index in [2.05, 4.69) is 92.6 Å². The lowest BCUT2D eigenvalue weighted by Gasteiger charge is -2.55. The van der Waals surface area contributed by atoms with Crippen molar-refractivity contribution in [2.75, 3.05) is 6.61 Å². The van der Waals surface area contributed by atoms with Crippen molar-refractivity contribution < 1.29 is 14.0 Å². The Kier molecular flexibility index (Phi) is 10.9. The van der Waals surface area contributed by atoms with Crippen LogP contribution in [0.15, 0.2) is 11.6 Å². The Labute approximate surface area is 244 Å². The summed E-state index contributed by atoms with van der Waals surface area (Å²) in [5.74, 6) is 10.4. The van der Waals surface area contributed by atoms with Crippen LogP contribution in [0.3, 0.4) is 0 Å². The highest BCUT2D eigenvalue weighted by atomic mass is 28.4. The Balaban J connectivity index is 1.95. The van der Waals surface area contributed by atoms with Gasteiger partial charge in [-0.2, -0.15) is 0 Å². The van der Waals surface area contributed by atoms with Gasteiger partial charge >= 0.3 is 0 Å². The number of fused-ring (bicyclic) bond motifs is 1. The largest absolute Gasteiger partial charge is 0.413 e. The van der Waals surface area contributed by atoms with Gasteiger partial charge in [-0.15, -0.1) is 0 Å². The molecule has 0 radical (unpaired) electrons. The maximum absolute atomic E-state index is 9.31. The molecule has 0 bridgehead atoms. The average molecular weight is 575 g/mol. The summed E-state index contributed by atoms with van der Waals surface area (Å²) in [4.78, 5) is 0. The summed E-state index contributed by atoms with van der Waals surface area (Å²) in [5, 5.41) is 9.69. The third kappa shape index (κ3) is 7.72. The van der Waals surface area contributed by atoms with Gasteiger partial charge in [-0.1, -0.05) is 91.2 Å². The van der Waals surface area contributed by atoms with Gasteiger partial charge in [0.1, 0.15) is 6.10 Å². The summed E-state index contributed by atoms with van der Waals surface area (Å²) in [6, 6.07) is 0. The summed E-state index contributed by atoms with van der Waals surface area (Å²) >= 11 is 0. The minimum absolute atomic E-state index is 0.0510. The number of rotatable bonds is 8. The zero-order valence-electron chi connectivity index (χ0n) is 27.5. The molecule has 3 fully saturated rings. The fourth-order valence-corrected chi connectivity index (χ4v) is 9.25. The van der Waals surface area contributed by atoms with Crippen LogP contribution in [0.2, 0.25) is 36.3 Å². The summed E-state index contributed by atoms with van der Waals surface area (Å²) in [5.41, 5.74) is 1.62. The molecule has 0 aromatic carbocycles. The number of aliphatic hydroxyl groups excluding tert-OH is 1. The molecule has 224 valence electrons. The zero-order chi connectivity index (χ0) is 29.2. The SMILES string of the molecule is CC1/C(=C\CCCO)[C@H]2CC[C@@H](O[Si](C)(C)C(C)(C)C)[C@H](C#CC(O[Si](C)(C)C(C)(C)C)C3CCCCC3)[C@@H]12. The topological polar surface area (TPSA) is 38.7 Å². The van der Waals surface area contributed by atoms with E-state index in [-0.39, 0.29) is 34.8 Å². The molecule has 2 unspecified atom stereocenters. The van der Waals surface area contributed by atoms with Gasteiger partial charge in [-0.25, -0.2) is 0 Å². The van der Waals surface area contributed by atoms with Gasteiger partial charge in [0, 0.05) is 12.5 Å². The Morgan fingerprint density at radius 3 is 2.10 bits per heavy atom. The fraction of sp³-hybridized carbons (Fsp3) is 0.882. The monoisotopic (exact) mass is 574 g/mol. The Hall–Kier alpha value is -0.386. The van der Waals surface area contributed by atoms with Crippen molar-refractivity contribution in [1.29, 1.82) is 0 Å². The van der Waals surface area contributed by atoms with E-state index in [0.29, 0.717) is 23.7 Å². The number of allylic oxidation sites excluding steroid dienone is 2. The van der Waals surface area contributed by atoms with E-state index in [0.717, 1.165) is 19.3 Å². The quantitative estimate of drug-likeness (QED) is 0.136. The van der Waals surface area contributed by atoms with Crippen LogP contribution in [0, 0.1) is 41.4 Å². The summed E-state index contributed by atoms with van der Waals surface area (Å²) < 4.78 is 14.3. The highest BCUT2D eigenvalue weighted by Gasteiger charge is 2.53. The molecule has 3 saturated carbocycles. The second-order valence-electron chi connectivity index (χ2n) is 16.0. The van der Waals surface area contributed by atoms with Crippen molar-refractivity contribution >= 4 is 16.6 Å². The highest BCUT2D eigenvalue weighted by molar-refractivity contribution is 6.74. The van der Waals surface area contributed by atoms with Crippen LogP contribution in [0.5, 0.6) is 0 Å². The first-order valence-electron chi connectivity index (χ1n) is 16.2. The minimum atomic E-state index is -1.93. The lowest BCUT2D eigenvalue weighted by Crippen LogP contribution is -2.54. The van der Waals surface area contributed by atoms with E-state index < -0.39 is 16.6 Å². The van der Waals surface area contributed by atoms with Crippen LogP contribution in [0.4, 0.5) is 0 Å². The van der Waals surface area contributed by atoms with Gasteiger partial charge < -0.3 is 14.0 Å². The zero-order valence-corrected chi connectivity index (χ0v) is 29.5. The smallest absolute Gasteiger partial charge is 0.193 e. The van der Waals surface area contributed by atoms with Crippen molar-refractivity contribution in [2.45, 2.75) is 155 Å². The molecule has 0 aromatic rings. The molecule has 0 aliphatic heterocycles. The van der Waals surface area contributed by atoms with Crippen molar-refractivity contribution in [1.82, 2.24) is 0 Å². The van der Waals surface area contributed by atoms with Crippen molar-refractivity contribution in [3.05, 3.63) is 11.6 Å². The lowest BCUT2D eigenvalue weighted by atomic mass is 9.51. The van der Waals surface area contributed by atoms with Gasteiger partial charge in [0.05, 0.1) is 6.10 Å². The maximum Gasteiger partial charge on any atom is 0.193 e. The molecule has 3 nitrogen and oxygen atoms in total. The van der Waals surface area contributed by atoms with Crippen LogP contribution >= 0.6 is 0 Å². The van der Waals surface area contributed by atoms with Crippen molar-refractivity contribution in [2.24, 2.45) is 29.6 Å². The summed E-state index contributed by atoms with van der Waals surface area (Å²) in [6.45, 7) is 26.4. The average Bonchev–Trinajstić information content (AvgIpc) is 2.83. The lowest BCUT2D eigenvalue weighted by molar-refractivity contribution is -0.00749. The fourth-order valence-electron chi connectivity index (χ4n) is 6.63.